The molecule has 1 amide bonds. The first kappa shape index (κ1) is 23.6. The fraction of sp³-hybridized carbons (Fsp3) is 0.435. The second-order valence-electron chi connectivity index (χ2n) is 7.91. The number of nitrogens with zero attached hydrogens (tertiary/aromatic N) is 1. The normalized spacial score (nSPS) is 23.7. The van der Waals surface area contributed by atoms with E-state index in [0.717, 1.165) is 30.3 Å². The molecule has 1 saturated heterocycles. The number of nitrogens with one attached hydrogen (secondary N) is 2. The SMILES string of the molecule is CO/C(=C\N)C(=O)N1CCOC(C2CCC/C(=C/C(=N)c3c(F)cccc3F)CC2=N)C1. The predicted molar refractivity (Wildman–Crippen MR) is 117 cm³/mol. The average molecular weight is 446 g/mol. The van der Waals surface area contributed by atoms with E-state index in [9.17, 15) is 13.6 Å². The highest BCUT2D eigenvalue weighted by atomic mass is 19.1. The van der Waals surface area contributed by atoms with Gasteiger partial charge in [0.1, 0.15) is 11.6 Å². The molecule has 1 aliphatic heterocycles. The highest BCUT2D eigenvalue weighted by Crippen LogP contribution is 2.30. The van der Waals surface area contributed by atoms with Gasteiger partial charge in [-0.25, -0.2) is 8.78 Å². The Hall–Kier alpha value is -3.07. The minimum absolute atomic E-state index is 0.0608. The van der Waals surface area contributed by atoms with Crippen LogP contribution in [0.5, 0.6) is 0 Å². The molecule has 0 radical (unpaired) electrons. The Morgan fingerprint density at radius 3 is 2.72 bits per heavy atom. The van der Waals surface area contributed by atoms with Crippen LogP contribution in [0.25, 0.3) is 0 Å². The van der Waals surface area contributed by atoms with Gasteiger partial charge < -0.3 is 30.9 Å². The summed E-state index contributed by atoms with van der Waals surface area (Å²) in [6, 6.07) is 3.51. The first-order valence-electron chi connectivity index (χ1n) is 10.5. The van der Waals surface area contributed by atoms with E-state index in [1.54, 1.807) is 4.90 Å². The molecule has 0 spiro atoms. The van der Waals surface area contributed by atoms with Crippen molar-refractivity contribution in [2.75, 3.05) is 26.8 Å². The van der Waals surface area contributed by atoms with Gasteiger partial charge in [0.15, 0.2) is 5.76 Å². The summed E-state index contributed by atoms with van der Waals surface area (Å²) in [5.74, 6) is -2.01. The molecule has 0 aromatic heterocycles. The molecule has 1 aliphatic carbocycles. The van der Waals surface area contributed by atoms with Crippen molar-refractivity contribution in [1.82, 2.24) is 4.90 Å². The van der Waals surface area contributed by atoms with E-state index < -0.39 is 11.6 Å². The number of nitrogens with two attached hydrogens (primary N) is 1. The summed E-state index contributed by atoms with van der Waals surface area (Å²) in [4.78, 5) is 14.2. The van der Waals surface area contributed by atoms with E-state index >= 15 is 0 Å². The number of morpholine rings is 1. The molecule has 172 valence electrons. The van der Waals surface area contributed by atoms with Gasteiger partial charge in [-0.05, 0) is 37.5 Å². The molecule has 0 bridgehead atoms. The number of rotatable bonds is 5. The van der Waals surface area contributed by atoms with Crippen LogP contribution in [-0.4, -0.2) is 55.1 Å². The molecule has 1 aromatic carbocycles. The Morgan fingerprint density at radius 2 is 2.06 bits per heavy atom. The Balaban J connectivity index is 1.71. The van der Waals surface area contributed by atoms with Crippen molar-refractivity contribution in [3.8, 4) is 0 Å². The summed E-state index contributed by atoms with van der Waals surface area (Å²) < 4.78 is 38.9. The number of ether oxygens (including phenoxy) is 2. The number of hydrogen-bond acceptors (Lipinski definition) is 6. The van der Waals surface area contributed by atoms with Gasteiger partial charge in [-0.1, -0.05) is 11.6 Å². The van der Waals surface area contributed by atoms with Crippen molar-refractivity contribution in [2.24, 2.45) is 11.7 Å². The fourth-order valence-electron chi connectivity index (χ4n) is 4.24. The number of carbonyl (C=O) groups is 1. The van der Waals surface area contributed by atoms with Crippen LogP contribution >= 0.6 is 0 Å². The molecule has 1 heterocycles. The molecule has 7 nitrogen and oxygen atoms in total. The zero-order chi connectivity index (χ0) is 23.3. The number of halogens is 2. The average Bonchev–Trinajstić information content (AvgIpc) is 2.95. The molecule has 1 saturated carbocycles. The van der Waals surface area contributed by atoms with Crippen molar-refractivity contribution in [2.45, 2.75) is 31.8 Å². The molecular formula is C23H28F2N4O3. The summed E-state index contributed by atoms with van der Waals surface area (Å²) in [6.45, 7) is 1.08. The topological polar surface area (TPSA) is 112 Å². The van der Waals surface area contributed by atoms with Crippen molar-refractivity contribution >= 4 is 17.3 Å². The Kier molecular flexibility index (Phi) is 7.74. The fourth-order valence-corrected chi connectivity index (χ4v) is 4.24. The van der Waals surface area contributed by atoms with Crippen molar-refractivity contribution in [3.05, 3.63) is 59.0 Å². The monoisotopic (exact) mass is 446 g/mol. The van der Waals surface area contributed by atoms with Crippen LogP contribution in [0.1, 0.15) is 31.2 Å². The number of allylic oxidation sites excluding steroid dienone is 2. The van der Waals surface area contributed by atoms with Crippen molar-refractivity contribution in [3.63, 3.8) is 0 Å². The van der Waals surface area contributed by atoms with Crippen LogP contribution in [0.3, 0.4) is 0 Å². The quantitative estimate of drug-likeness (QED) is 0.279. The number of hydrogen-bond donors (Lipinski definition) is 3. The maximum absolute atomic E-state index is 14.0. The molecule has 2 aliphatic rings. The van der Waals surface area contributed by atoms with E-state index in [1.165, 1.54) is 19.3 Å². The lowest BCUT2D eigenvalue weighted by Crippen LogP contribution is -2.50. The lowest BCUT2D eigenvalue weighted by atomic mass is 9.90. The van der Waals surface area contributed by atoms with Gasteiger partial charge in [-0.2, -0.15) is 0 Å². The van der Waals surface area contributed by atoms with Crippen LogP contribution in [0, 0.1) is 28.4 Å². The molecule has 3 rings (SSSR count). The largest absolute Gasteiger partial charge is 0.490 e. The zero-order valence-corrected chi connectivity index (χ0v) is 18.0. The third-order valence-electron chi connectivity index (χ3n) is 5.87. The lowest BCUT2D eigenvalue weighted by Gasteiger charge is -2.37. The van der Waals surface area contributed by atoms with Gasteiger partial charge in [-0.15, -0.1) is 0 Å². The van der Waals surface area contributed by atoms with Crippen LogP contribution in [0.15, 0.2) is 41.8 Å². The summed E-state index contributed by atoms with van der Waals surface area (Å²) in [7, 11) is 1.38. The van der Waals surface area contributed by atoms with E-state index in [0.29, 0.717) is 44.7 Å². The van der Waals surface area contributed by atoms with Gasteiger partial charge in [-0.3, -0.25) is 4.79 Å². The van der Waals surface area contributed by atoms with E-state index in [1.807, 2.05) is 0 Å². The Morgan fingerprint density at radius 1 is 1.34 bits per heavy atom. The molecule has 2 fully saturated rings. The molecule has 1 aromatic rings. The van der Waals surface area contributed by atoms with E-state index in [-0.39, 0.29) is 35.0 Å². The number of amides is 1. The molecule has 9 heteroatoms. The maximum Gasteiger partial charge on any atom is 0.290 e. The van der Waals surface area contributed by atoms with Crippen LogP contribution in [0.2, 0.25) is 0 Å². The van der Waals surface area contributed by atoms with E-state index in [4.69, 9.17) is 26.0 Å². The Bertz CT molecular complexity index is 940. The Labute approximate surface area is 185 Å². The predicted octanol–water partition coefficient (Wildman–Crippen LogP) is 3.14. The second-order valence-corrected chi connectivity index (χ2v) is 7.91. The second kappa shape index (κ2) is 10.5. The van der Waals surface area contributed by atoms with Crippen molar-refractivity contribution in [1.29, 1.82) is 10.8 Å². The third kappa shape index (κ3) is 5.21. The summed E-state index contributed by atoms with van der Waals surface area (Å²) in [6.07, 6.45) is 4.61. The van der Waals surface area contributed by atoms with Crippen molar-refractivity contribution < 1.29 is 23.0 Å². The molecule has 4 N–H and O–H groups in total. The third-order valence-corrected chi connectivity index (χ3v) is 5.87. The van der Waals surface area contributed by atoms with Gasteiger partial charge in [0.25, 0.3) is 5.91 Å². The number of benzene rings is 1. The first-order valence-corrected chi connectivity index (χ1v) is 10.5. The lowest BCUT2D eigenvalue weighted by molar-refractivity contribution is -0.139. The van der Waals surface area contributed by atoms with Gasteiger partial charge in [0.05, 0.1) is 31.1 Å². The van der Waals surface area contributed by atoms with Gasteiger partial charge in [0.2, 0.25) is 0 Å². The van der Waals surface area contributed by atoms with Crippen LogP contribution in [-0.2, 0) is 14.3 Å². The van der Waals surface area contributed by atoms with Gasteiger partial charge in [0, 0.05) is 37.3 Å². The highest BCUT2D eigenvalue weighted by Gasteiger charge is 2.34. The van der Waals surface area contributed by atoms with Crippen LogP contribution in [0.4, 0.5) is 8.78 Å². The molecular weight excluding hydrogens is 418 g/mol. The first-order chi connectivity index (χ1) is 15.3. The minimum atomic E-state index is -0.782. The maximum atomic E-state index is 14.0. The molecule has 32 heavy (non-hydrogen) atoms. The smallest absolute Gasteiger partial charge is 0.290 e. The van der Waals surface area contributed by atoms with Gasteiger partial charge >= 0.3 is 0 Å². The highest BCUT2D eigenvalue weighted by molar-refractivity contribution is 6.07. The van der Waals surface area contributed by atoms with E-state index in [2.05, 4.69) is 0 Å². The summed E-state index contributed by atoms with van der Waals surface area (Å²) in [5, 5.41) is 16.8. The van der Waals surface area contributed by atoms with Crippen LogP contribution < -0.4 is 5.73 Å². The minimum Gasteiger partial charge on any atom is -0.490 e. The summed E-state index contributed by atoms with van der Waals surface area (Å²) in [5.41, 5.74) is 6.06. The number of carbonyl (C=O) groups excluding carboxylic acids is 1. The summed E-state index contributed by atoms with van der Waals surface area (Å²) >= 11 is 0. The zero-order valence-electron chi connectivity index (χ0n) is 18.0. The molecule has 2 unspecified atom stereocenters. The standard InChI is InChI=1S/C23H28F2N4O3/c1-31-20(12-26)23(30)29-8-9-32-21(13-29)15-5-2-4-14(10-18(15)27)11-19(28)22-16(24)6-3-7-17(22)25/h3,6-7,11-12,15,21,27-28H,2,4-5,8-10,13,26H2,1H3/b14-11-,20-12-,27-18?,28-19?. The molecule has 2 atom stereocenters. The number of methoxy groups -OCH3 is 1.